The van der Waals surface area contributed by atoms with E-state index in [1.807, 2.05) is 0 Å². The van der Waals surface area contributed by atoms with Gasteiger partial charge in [-0.15, -0.1) is 0 Å². The predicted molar refractivity (Wildman–Crippen MR) is 70.3 cm³/mol. The molecule has 1 heterocycles. The summed E-state index contributed by atoms with van der Waals surface area (Å²) >= 11 is 3.14. The van der Waals surface area contributed by atoms with Crippen molar-refractivity contribution in [1.29, 1.82) is 0 Å². The van der Waals surface area contributed by atoms with Crippen LogP contribution in [0.15, 0.2) is 39.8 Å². The first-order valence-electron chi connectivity index (χ1n) is 5.67. The van der Waals surface area contributed by atoms with Crippen molar-refractivity contribution in [2.24, 2.45) is 0 Å². The van der Waals surface area contributed by atoms with E-state index in [0.717, 1.165) is 16.9 Å². The number of aromatic nitrogens is 2. The Balaban J connectivity index is 1.72. The monoisotopic (exact) mass is 263 g/mol. The Morgan fingerprint density at radius 1 is 1.35 bits per heavy atom. The molecule has 0 saturated heterocycles. The fourth-order valence-corrected chi connectivity index (χ4v) is 3.13. The summed E-state index contributed by atoms with van der Waals surface area (Å²) in [4.78, 5) is 5.49. The average molecular weight is 263 g/mol. The molecule has 2 aromatic rings. The molecule has 0 radical (unpaired) electrons. The van der Waals surface area contributed by atoms with E-state index in [1.165, 1.54) is 34.8 Å². The lowest BCUT2D eigenvalue weighted by atomic mass is 10.2. The SMILES string of the molecule is c1ccc(Sc2ncns2)c(CNC2CC2)c1. The standard InChI is InChI=1S/C12H13N3S2/c1-2-4-11(16-12-14-8-15-17-12)9(3-1)7-13-10-5-6-10/h1-4,8,10,13H,5-7H2. The zero-order valence-electron chi connectivity index (χ0n) is 9.30. The molecule has 0 atom stereocenters. The van der Waals surface area contributed by atoms with Gasteiger partial charge in [0.25, 0.3) is 0 Å². The van der Waals surface area contributed by atoms with Crippen molar-refractivity contribution in [1.82, 2.24) is 14.7 Å². The van der Waals surface area contributed by atoms with Gasteiger partial charge in [0.15, 0.2) is 4.34 Å². The summed E-state index contributed by atoms with van der Waals surface area (Å²) in [5.74, 6) is 0. The van der Waals surface area contributed by atoms with Gasteiger partial charge in [-0.05, 0) is 36.0 Å². The van der Waals surface area contributed by atoms with Gasteiger partial charge in [0.05, 0.1) is 0 Å². The maximum atomic E-state index is 4.21. The van der Waals surface area contributed by atoms with Crippen LogP contribution in [0.2, 0.25) is 0 Å². The van der Waals surface area contributed by atoms with Gasteiger partial charge in [-0.25, -0.2) is 4.98 Å². The van der Waals surface area contributed by atoms with Crippen molar-refractivity contribution in [2.75, 3.05) is 0 Å². The van der Waals surface area contributed by atoms with Crippen molar-refractivity contribution in [2.45, 2.75) is 34.7 Å². The first kappa shape index (κ1) is 11.2. The van der Waals surface area contributed by atoms with Crippen LogP contribution in [-0.4, -0.2) is 15.4 Å². The molecule has 88 valence electrons. The maximum Gasteiger partial charge on any atom is 0.174 e. The highest BCUT2D eigenvalue weighted by Gasteiger charge is 2.20. The predicted octanol–water partition coefficient (Wildman–Crippen LogP) is 2.94. The van der Waals surface area contributed by atoms with Crippen LogP contribution in [0.1, 0.15) is 18.4 Å². The number of rotatable bonds is 5. The lowest BCUT2D eigenvalue weighted by Crippen LogP contribution is -2.15. The Morgan fingerprint density at radius 3 is 3.00 bits per heavy atom. The zero-order valence-corrected chi connectivity index (χ0v) is 10.9. The summed E-state index contributed by atoms with van der Waals surface area (Å²) in [5.41, 5.74) is 1.35. The lowest BCUT2D eigenvalue weighted by Gasteiger charge is -2.08. The van der Waals surface area contributed by atoms with Crippen molar-refractivity contribution >= 4 is 23.3 Å². The first-order chi connectivity index (χ1) is 8.42. The van der Waals surface area contributed by atoms with Crippen LogP contribution in [0, 0.1) is 0 Å². The minimum atomic E-state index is 0.745. The first-order valence-corrected chi connectivity index (χ1v) is 7.26. The number of hydrogen-bond acceptors (Lipinski definition) is 5. The van der Waals surface area contributed by atoms with Gasteiger partial charge in [0.1, 0.15) is 6.33 Å². The van der Waals surface area contributed by atoms with E-state index >= 15 is 0 Å². The molecule has 0 amide bonds. The van der Waals surface area contributed by atoms with Gasteiger partial charge < -0.3 is 5.32 Å². The zero-order chi connectivity index (χ0) is 11.5. The van der Waals surface area contributed by atoms with Crippen LogP contribution in [0.5, 0.6) is 0 Å². The summed E-state index contributed by atoms with van der Waals surface area (Å²) in [6.07, 6.45) is 4.26. The fourth-order valence-electron chi connectivity index (χ4n) is 1.59. The summed E-state index contributed by atoms with van der Waals surface area (Å²) in [6.45, 7) is 0.951. The highest BCUT2D eigenvalue weighted by molar-refractivity contribution is 8.01. The molecule has 0 unspecified atom stereocenters. The van der Waals surface area contributed by atoms with Crippen LogP contribution in [-0.2, 0) is 6.54 Å². The Hall–Kier alpha value is -0.910. The van der Waals surface area contributed by atoms with Gasteiger partial charge in [-0.1, -0.05) is 30.0 Å². The van der Waals surface area contributed by atoms with E-state index in [1.54, 1.807) is 18.1 Å². The Labute approximate surface area is 109 Å². The van der Waals surface area contributed by atoms with E-state index in [0.29, 0.717) is 0 Å². The van der Waals surface area contributed by atoms with Gasteiger partial charge in [-0.2, -0.15) is 4.37 Å². The Bertz CT molecular complexity index is 480. The molecule has 1 aliphatic rings. The summed E-state index contributed by atoms with van der Waals surface area (Å²) in [6, 6.07) is 9.24. The van der Waals surface area contributed by atoms with Crippen molar-refractivity contribution in [3.63, 3.8) is 0 Å². The van der Waals surface area contributed by atoms with E-state index in [9.17, 15) is 0 Å². The Kier molecular flexibility index (Phi) is 3.40. The minimum absolute atomic E-state index is 0.745. The molecule has 0 spiro atoms. The molecule has 1 aromatic heterocycles. The topological polar surface area (TPSA) is 37.8 Å². The summed E-state index contributed by atoms with van der Waals surface area (Å²) in [5, 5.41) is 3.55. The lowest BCUT2D eigenvalue weighted by molar-refractivity contribution is 0.680. The fraction of sp³-hybridized carbons (Fsp3) is 0.333. The van der Waals surface area contributed by atoms with Gasteiger partial charge in [0.2, 0.25) is 0 Å². The molecule has 1 saturated carbocycles. The number of nitrogens with one attached hydrogen (secondary N) is 1. The largest absolute Gasteiger partial charge is 0.310 e. The average Bonchev–Trinajstić information content (AvgIpc) is 3.05. The molecule has 1 N–H and O–H groups in total. The van der Waals surface area contributed by atoms with E-state index in [-0.39, 0.29) is 0 Å². The van der Waals surface area contributed by atoms with Gasteiger partial charge in [0, 0.05) is 17.5 Å². The molecule has 3 rings (SSSR count). The highest BCUT2D eigenvalue weighted by atomic mass is 32.2. The smallest absolute Gasteiger partial charge is 0.174 e. The van der Waals surface area contributed by atoms with Crippen LogP contribution in [0.4, 0.5) is 0 Å². The molecule has 1 fully saturated rings. The van der Waals surface area contributed by atoms with Crippen molar-refractivity contribution < 1.29 is 0 Å². The van der Waals surface area contributed by atoms with Crippen LogP contribution in [0.3, 0.4) is 0 Å². The van der Waals surface area contributed by atoms with E-state index in [4.69, 9.17) is 0 Å². The second-order valence-corrected chi connectivity index (χ2v) is 6.14. The maximum absolute atomic E-state index is 4.21. The van der Waals surface area contributed by atoms with Crippen LogP contribution in [0.25, 0.3) is 0 Å². The third-order valence-corrected chi connectivity index (χ3v) is 4.50. The second kappa shape index (κ2) is 5.16. The van der Waals surface area contributed by atoms with E-state index < -0.39 is 0 Å². The molecule has 1 aliphatic carbocycles. The molecule has 17 heavy (non-hydrogen) atoms. The minimum Gasteiger partial charge on any atom is -0.310 e. The normalized spacial score (nSPS) is 15.1. The quantitative estimate of drug-likeness (QED) is 0.900. The van der Waals surface area contributed by atoms with Gasteiger partial charge in [-0.3, -0.25) is 0 Å². The molecule has 5 heteroatoms. The number of benzene rings is 1. The molecular formula is C12H13N3S2. The molecule has 0 aliphatic heterocycles. The number of nitrogens with zero attached hydrogens (tertiary/aromatic N) is 2. The third-order valence-electron chi connectivity index (χ3n) is 2.67. The van der Waals surface area contributed by atoms with Crippen molar-refractivity contribution in [3.8, 4) is 0 Å². The second-order valence-electron chi connectivity index (χ2n) is 4.07. The highest BCUT2D eigenvalue weighted by Crippen LogP contribution is 2.31. The van der Waals surface area contributed by atoms with E-state index in [2.05, 4.69) is 38.9 Å². The van der Waals surface area contributed by atoms with Crippen LogP contribution >= 0.6 is 23.3 Å². The summed E-state index contributed by atoms with van der Waals surface area (Å²) < 4.78 is 5.03. The molecule has 3 nitrogen and oxygen atoms in total. The molecule has 1 aromatic carbocycles. The third kappa shape index (κ3) is 3.06. The molecule has 0 bridgehead atoms. The van der Waals surface area contributed by atoms with Gasteiger partial charge >= 0.3 is 0 Å². The van der Waals surface area contributed by atoms with Crippen LogP contribution < -0.4 is 5.32 Å². The Morgan fingerprint density at radius 2 is 2.24 bits per heavy atom. The number of hydrogen-bond donors (Lipinski definition) is 1. The van der Waals surface area contributed by atoms with Crippen molar-refractivity contribution in [3.05, 3.63) is 36.2 Å². The molecular weight excluding hydrogens is 250 g/mol. The summed E-state index contributed by atoms with van der Waals surface area (Å²) in [7, 11) is 0.